The molecule has 0 atom stereocenters. The predicted octanol–water partition coefficient (Wildman–Crippen LogP) is 5.47. The molecular formula is C27H25N3O4. The summed E-state index contributed by atoms with van der Waals surface area (Å²) >= 11 is 0. The van der Waals surface area contributed by atoms with Crippen LogP contribution in [0.5, 0.6) is 11.5 Å². The first-order valence-corrected chi connectivity index (χ1v) is 10.9. The summed E-state index contributed by atoms with van der Waals surface area (Å²) in [6, 6.07) is 16.2. The van der Waals surface area contributed by atoms with Gasteiger partial charge < -0.3 is 14.2 Å². The smallest absolute Gasteiger partial charge is 0.306 e. The molecule has 0 bridgehead atoms. The summed E-state index contributed by atoms with van der Waals surface area (Å²) in [5, 5.41) is 8.97. The highest BCUT2D eigenvalue weighted by Gasteiger charge is 2.17. The Kier molecular flexibility index (Phi) is 8.60. The first-order chi connectivity index (χ1) is 16.5. The summed E-state index contributed by atoms with van der Waals surface area (Å²) < 4.78 is 17.2. The van der Waals surface area contributed by atoms with E-state index >= 15 is 0 Å². The van der Waals surface area contributed by atoms with E-state index in [9.17, 15) is 4.79 Å². The number of nitriles is 1. The van der Waals surface area contributed by atoms with Gasteiger partial charge in [-0.1, -0.05) is 24.3 Å². The Hall–Kier alpha value is -4.36. The lowest BCUT2D eigenvalue weighted by Gasteiger charge is -2.18. The highest BCUT2D eigenvalue weighted by molar-refractivity contribution is 5.70. The van der Waals surface area contributed by atoms with E-state index in [4.69, 9.17) is 26.0 Å². The molecule has 7 heteroatoms. The maximum atomic E-state index is 12.0. The van der Waals surface area contributed by atoms with Crippen LogP contribution in [0.25, 0.3) is 4.85 Å². The Morgan fingerprint density at radius 2 is 1.82 bits per heavy atom. The lowest BCUT2D eigenvalue weighted by Crippen LogP contribution is -2.11. The zero-order valence-corrected chi connectivity index (χ0v) is 19.2. The minimum atomic E-state index is -0.281. The van der Waals surface area contributed by atoms with Crippen LogP contribution in [0.15, 0.2) is 54.7 Å². The van der Waals surface area contributed by atoms with Crippen LogP contribution >= 0.6 is 0 Å². The molecule has 34 heavy (non-hydrogen) atoms. The number of nitrogens with zero attached hydrogens (tertiary/aromatic N) is 3. The molecule has 0 radical (unpaired) electrons. The van der Waals surface area contributed by atoms with Gasteiger partial charge in [-0.25, -0.2) is 4.85 Å². The third-order valence-corrected chi connectivity index (χ3v) is 5.12. The van der Waals surface area contributed by atoms with Crippen molar-refractivity contribution in [3.63, 3.8) is 0 Å². The van der Waals surface area contributed by atoms with Crippen LogP contribution in [0.2, 0.25) is 0 Å². The van der Waals surface area contributed by atoms with Crippen LogP contribution in [-0.2, 0) is 29.2 Å². The molecule has 0 amide bonds. The molecule has 0 saturated heterocycles. The van der Waals surface area contributed by atoms with Crippen LogP contribution in [0, 0.1) is 24.8 Å². The van der Waals surface area contributed by atoms with E-state index in [2.05, 4.69) is 15.9 Å². The van der Waals surface area contributed by atoms with Crippen molar-refractivity contribution >= 4 is 11.7 Å². The number of aromatic nitrogens is 1. The van der Waals surface area contributed by atoms with Gasteiger partial charge >= 0.3 is 5.97 Å². The molecule has 0 saturated carbocycles. The Morgan fingerprint density at radius 3 is 2.47 bits per heavy atom. The van der Waals surface area contributed by atoms with E-state index < -0.39 is 0 Å². The SMILES string of the molecule is [C-]#[N+]c1ccc(COc2c(C)ncc(COc3ccc(C#N)cc3)c2CCC(=O)OCC)cc1. The van der Waals surface area contributed by atoms with Crippen LogP contribution in [0.1, 0.15) is 41.3 Å². The fraction of sp³-hybridized carbons (Fsp3) is 0.259. The summed E-state index contributed by atoms with van der Waals surface area (Å²) in [4.78, 5) is 19.9. The molecule has 2 aromatic carbocycles. The zero-order valence-electron chi connectivity index (χ0n) is 19.2. The lowest BCUT2D eigenvalue weighted by atomic mass is 10.0. The largest absolute Gasteiger partial charge is 0.489 e. The summed E-state index contributed by atoms with van der Waals surface area (Å²) in [7, 11) is 0. The summed E-state index contributed by atoms with van der Waals surface area (Å²) in [5.41, 5.74) is 4.39. The minimum Gasteiger partial charge on any atom is -0.489 e. The molecule has 0 spiro atoms. The number of ether oxygens (including phenoxy) is 3. The molecule has 0 unspecified atom stereocenters. The molecule has 7 nitrogen and oxygen atoms in total. The van der Waals surface area contributed by atoms with Gasteiger partial charge in [0.1, 0.15) is 24.7 Å². The first-order valence-electron chi connectivity index (χ1n) is 10.9. The number of esters is 1. The number of carbonyl (C=O) groups is 1. The van der Waals surface area contributed by atoms with Crippen LogP contribution < -0.4 is 9.47 Å². The van der Waals surface area contributed by atoms with Crippen LogP contribution in [-0.4, -0.2) is 17.6 Å². The molecule has 0 N–H and O–H groups in total. The van der Waals surface area contributed by atoms with Gasteiger partial charge in [0, 0.05) is 23.7 Å². The van der Waals surface area contributed by atoms with Gasteiger partial charge in [-0.05, 0) is 50.1 Å². The number of rotatable bonds is 10. The predicted molar refractivity (Wildman–Crippen MR) is 126 cm³/mol. The first kappa shape index (κ1) is 24.3. The number of hydrogen-bond acceptors (Lipinski definition) is 6. The van der Waals surface area contributed by atoms with Crippen LogP contribution in [0.3, 0.4) is 0 Å². The van der Waals surface area contributed by atoms with Crippen molar-refractivity contribution in [3.8, 4) is 17.6 Å². The van der Waals surface area contributed by atoms with Crippen molar-refractivity contribution in [1.29, 1.82) is 5.26 Å². The topological polar surface area (TPSA) is 85.8 Å². The van der Waals surface area contributed by atoms with Gasteiger partial charge in [-0.3, -0.25) is 9.78 Å². The Bertz CT molecular complexity index is 1210. The van der Waals surface area contributed by atoms with E-state index in [1.54, 1.807) is 49.5 Å². The van der Waals surface area contributed by atoms with Crippen molar-refractivity contribution in [2.24, 2.45) is 0 Å². The van der Waals surface area contributed by atoms with Crippen molar-refractivity contribution in [2.45, 2.75) is 39.9 Å². The summed E-state index contributed by atoms with van der Waals surface area (Å²) in [6.07, 6.45) is 2.36. The molecule has 1 aromatic heterocycles. The molecule has 0 aliphatic heterocycles. The number of pyridine rings is 1. The Morgan fingerprint density at radius 1 is 1.09 bits per heavy atom. The van der Waals surface area contributed by atoms with E-state index in [0.717, 1.165) is 16.7 Å². The minimum absolute atomic E-state index is 0.206. The van der Waals surface area contributed by atoms with Crippen molar-refractivity contribution in [2.75, 3.05) is 6.61 Å². The van der Waals surface area contributed by atoms with E-state index in [1.165, 1.54) is 0 Å². The van der Waals surface area contributed by atoms with Gasteiger partial charge in [-0.15, -0.1) is 0 Å². The maximum Gasteiger partial charge on any atom is 0.306 e. The lowest BCUT2D eigenvalue weighted by molar-refractivity contribution is -0.143. The number of benzene rings is 2. The van der Waals surface area contributed by atoms with Gasteiger partial charge in [0.05, 0.1) is 30.5 Å². The van der Waals surface area contributed by atoms with Crippen LogP contribution in [0.4, 0.5) is 5.69 Å². The van der Waals surface area contributed by atoms with E-state index in [1.807, 2.05) is 19.1 Å². The average molecular weight is 456 g/mol. The van der Waals surface area contributed by atoms with Gasteiger partial charge in [0.25, 0.3) is 0 Å². The number of hydrogen-bond donors (Lipinski definition) is 0. The molecular weight excluding hydrogens is 430 g/mol. The van der Waals surface area contributed by atoms with E-state index in [-0.39, 0.29) is 19.0 Å². The molecule has 0 aliphatic carbocycles. The second-order valence-electron chi connectivity index (χ2n) is 7.47. The van der Waals surface area contributed by atoms with Gasteiger partial charge in [0.15, 0.2) is 5.69 Å². The van der Waals surface area contributed by atoms with Gasteiger partial charge in [-0.2, -0.15) is 5.26 Å². The zero-order chi connectivity index (χ0) is 24.3. The summed E-state index contributed by atoms with van der Waals surface area (Å²) in [5.74, 6) is 0.953. The van der Waals surface area contributed by atoms with E-state index in [0.29, 0.717) is 48.1 Å². The molecule has 172 valence electrons. The third kappa shape index (κ3) is 6.57. The number of carbonyl (C=O) groups excluding carboxylic acids is 1. The Balaban J connectivity index is 1.83. The van der Waals surface area contributed by atoms with Gasteiger partial charge in [0.2, 0.25) is 0 Å². The normalized spacial score (nSPS) is 10.1. The average Bonchev–Trinajstić information content (AvgIpc) is 2.87. The monoisotopic (exact) mass is 455 g/mol. The fourth-order valence-electron chi connectivity index (χ4n) is 3.33. The standard InChI is InChI=1S/C27H25N3O4/c1-4-32-26(31)14-13-25-22(18-33-24-11-7-20(15-28)8-12-24)16-30-19(2)27(25)34-17-21-5-9-23(29-3)10-6-21/h5-12,16H,4,13-14,17-18H2,1-2H3. The molecule has 1 heterocycles. The molecule has 3 aromatic rings. The summed E-state index contributed by atoms with van der Waals surface area (Å²) in [6.45, 7) is 11.6. The number of aryl methyl sites for hydroxylation is 1. The quantitative estimate of drug-likeness (QED) is 0.298. The van der Waals surface area contributed by atoms with Crippen molar-refractivity contribution in [3.05, 3.63) is 94.1 Å². The molecule has 0 fully saturated rings. The van der Waals surface area contributed by atoms with Crippen molar-refractivity contribution in [1.82, 2.24) is 4.98 Å². The molecule has 3 rings (SSSR count). The Labute approximate surface area is 199 Å². The fourth-order valence-corrected chi connectivity index (χ4v) is 3.33. The third-order valence-electron chi connectivity index (χ3n) is 5.12. The molecule has 0 aliphatic rings. The second kappa shape index (κ2) is 12.0. The highest BCUT2D eigenvalue weighted by atomic mass is 16.5. The highest BCUT2D eigenvalue weighted by Crippen LogP contribution is 2.29. The maximum absolute atomic E-state index is 12.0. The second-order valence-corrected chi connectivity index (χ2v) is 7.47. The van der Waals surface area contributed by atoms with Crippen molar-refractivity contribution < 1.29 is 19.0 Å².